The fraction of sp³-hybridized carbons (Fsp3) is 0.300. The van der Waals surface area contributed by atoms with E-state index in [1.165, 1.54) is 5.56 Å². The van der Waals surface area contributed by atoms with Crippen LogP contribution in [0.15, 0.2) is 48.5 Å². The van der Waals surface area contributed by atoms with Gasteiger partial charge < -0.3 is 15.0 Å². The van der Waals surface area contributed by atoms with Crippen LogP contribution >= 0.6 is 0 Å². The summed E-state index contributed by atoms with van der Waals surface area (Å²) in [6.45, 7) is 2.90. The van der Waals surface area contributed by atoms with Gasteiger partial charge in [0, 0.05) is 31.3 Å². The van der Waals surface area contributed by atoms with Crippen molar-refractivity contribution in [2.45, 2.75) is 19.9 Å². The zero-order valence-electron chi connectivity index (χ0n) is 14.5. The predicted octanol–water partition coefficient (Wildman–Crippen LogP) is 2.67. The van der Waals surface area contributed by atoms with Crippen LogP contribution in [0.5, 0.6) is 5.75 Å². The molecular formula is C20H22N2O3. The van der Waals surface area contributed by atoms with Crippen molar-refractivity contribution in [2.75, 3.05) is 18.6 Å². The molecule has 2 aromatic carbocycles. The van der Waals surface area contributed by atoms with Gasteiger partial charge in [0.2, 0.25) is 11.8 Å². The number of benzene rings is 2. The van der Waals surface area contributed by atoms with E-state index in [-0.39, 0.29) is 24.2 Å². The number of hydrogen-bond acceptors (Lipinski definition) is 3. The number of nitrogens with one attached hydrogen (secondary N) is 1. The first-order valence-electron chi connectivity index (χ1n) is 8.34. The summed E-state index contributed by atoms with van der Waals surface area (Å²) < 4.78 is 5.20. The fourth-order valence-corrected chi connectivity index (χ4v) is 2.95. The number of carbonyl (C=O) groups is 2. The first-order chi connectivity index (χ1) is 12.1. The van der Waals surface area contributed by atoms with Crippen molar-refractivity contribution < 1.29 is 14.3 Å². The Kier molecular flexibility index (Phi) is 5.03. The summed E-state index contributed by atoms with van der Waals surface area (Å²) in [7, 11) is 1.59. The van der Waals surface area contributed by atoms with Crippen LogP contribution in [-0.2, 0) is 16.1 Å². The molecule has 0 bridgehead atoms. The first-order valence-corrected chi connectivity index (χ1v) is 8.34. The van der Waals surface area contributed by atoms with Crippen LogP contribution in [0.4, 0.5) is 5.69 Å². The minimum absolute atomic E-state index is 0.0382. The summed E-state index contributed by atoms with van der Waals surface area (Å²) in [5.74, 6) is 0.241. The molecule has 0 unspecified atom stereocenters. The molecule has 0 aliphatic carbocycles. The van der Waals surface area contributed by atoms with E-state index < -0.39 is 0 Å². The minimum Gasteiger partial charge on any atom is -0.497 e. The molecule has 25 heavy (non-hydrogen) atoms. The van der Waals surface area contributed by atoms with Crippen LogP contribution in [0.25, 0.3) is 0 Å². The maximum absolute atomic E-state index is 12.4. The molecule has 1 fully saturated rings. The molecule has 1 N–H and O–H groups in total. The van der Waals surface area contributed by atoms with Crippen LogP contribution in [-0.4, -0.2) is 25.5 Å². The maximum Gasteiger partial charge on any atom is 0.227 e. The van der Waals surface area contributed by atoms with Crippen LogP contribution in [0.2, 0.25) is 0 Å². The predicted molar refractivity (Wildman–Crippen MR) is 96.5 cm³/mol. The zero-order valence-corrected chi connectivity index (χ0v) is 14.5. The molecular weight excluding hydrogens is 316 g/mol. The SMILES string of the molecule is COc1cccc(N2C[C@H](C(=O)NCc3ccc(C)cc3)CC2=O)c1. The van der Waals surface area contributed by atoms with E-state index in [0.717, 1.165) is 11.3 Å². The Morgan fingerprint density at radius 2 is 2.00 bits per heavy atom. The minimum atomic E-state index is -0.329. The molecule has 0 aromatic heterocycles. The third kappa shape index (κ3) is 3.99. The van der Waals surface area contributed by atoms with Gasteiger partial charge in [-0.1, -0.05) is 35.9 Å². The lowest BCUT2D eigenvalue weighted by molar-refractivity contribution is -0.126. The third-order valence-electron chi connectivity index (χ3n) is 4.45. The number of nitrogens with zero attached hydrogens (tertiary/aromatic N) is 1. The number of ether oxygens (including phenoxy) is 1. The number of methoxy groups -OCH3 is 1. The summed E-state index contributed by atoms with van der Waals surface area (Å²) in [5, 5.41) is 2.93. The second-order valence-corrected chi connectivity index (χ2v) is 6.31. The molecule has 3 rings (SSSR count). The average molecular weight is 338 g/mol. The Hall–Kier alpha value is -2.82. The molecule has 1 atom stereocenters. The molecule has 5 nitrogen and oxygen atoms in total. The van der Waals surface area contributed by atoms with Gasteiger partial charge in [0.1, 0.15) is 5.75 Å². The van der Waals surface area contributed by atoms with Gasteiger partial charge in [-0.05, 0) is 24.6 Å². The number of amides is 2. The highest BCUT2D eigenvalue weighted by Gasteiger charge is 2.35. The Morgan fingerprint density at radius 1 is 1.24 bits per heavy atom. The van der Waals surface area contributed by atoms with E-state index in [1.807, 2.05) is 55.5 Å². The van der Waals surface area contributed by atoms with Gasteiger partial charge in [0.15, 0.2) is 0 Å². The smallest absolute Gasteiger partial charge is 0.227 e. The number of anilines is 1. The quantitative estimate of drug-likeness (QED) is 0.912. The Labute approximate surface area is 147 Å². The monoisotopic (exact) mass is 338 g/mol. The van der Waals surface area contributed by atoms with Crippen molar-refractivity contribution >= 4 is 17.5 Å². The van der Waals surface area contributed by atoms with Gasteiger partial charge >= 0.3 is 0 Å². The van der Waals surface area contributed by atoms with Crippen LogP contribution in [0.3, 0.4) is 0 Å². The van der Waals surface area contributed by atoms with Gasteiger partial charge in [-0.3, -0.25) is 9.59 Å². The molecule has 130 valence electrons. The normalized spacial score (nSPS) is 16.8. The fourth-order valence-electron chi connectivity index (χ4n) is 2.95. The highest BCUT2D eigenvalue weighted by molar-refractivity contribution is 6.00. The van der Waals surface area contributed by atoms with E-state index in [0.29, 0.717) is 18.8 Å². The Balaban J connectivity index is 1.61. The molecule has 2 aromatic rings. The molecule has 0 radical (unpaired) electrons. The first kappa shape index (κ1) is 17.0. The standard InChI is InChI=1S/C20H22N2O3/c1-14-6-8-15(9-7-14)12-21-20(24)16-10-19(23)22(13-16)17-4-3-5-18(11-17)25-2/h3-9,11,16H,10,12-13H2,1-2H3,(H,21,24)/t16-/m1/s1. The summed E-state index contributed by atoms with van der Waals surface area (Å²) in [6.07, 6.45) is 0.233. The Bertz CT molecular complexity index is 771. The molecule has 2 amide bonds. The van der Waals surface area contributed by atoms with Crippen LogP contribution < -0.4 is 15.0 Å². The lowest BCUT2D eigenvalue weighted by atomic mass is 10.1. The van der Waals surface area contributed by atoms with E-state index in [9.17, 15) is 9.59 Å². The zero-order chi connectivity index (χ0) is 17.8. The van der Waals surface area contributed by atoms with Crippen molar-refractivity contribution in [1.29, 1.82) is 0 Å². The molecule has 1 aliphatic heterocycles. The van der Waals surface area contributed by atoms with E-state index in [2.05, 4.69) is 5.32 Å². The van der Waals surface area contributed by atoms with E-state index >= 15 is 0 Å². The van der Waals surface area contributed by atoms with Crippen molar-refractivity contribution in [3.8, 4) is 5.75 Å². The van der Waals surface area contributed by atoms with Crippen molar-refractivity contribution in [1.82, 2.24) is 5.32 Å². The maximum atomic E-state index is 12.4. The molecule has 0 saturated carbocycles. The summed E-state index contributed by atoms with van der Waals surface area (Å²) in [4.78, 5) is 26.4. The summed E-state index contributed by atoms with van der Waals surface area (Å²) in [5.41, 5.74) is 3.00. The van der Waals surface area contributed by atoms with Gasteiger partial charge in [0.25, 0.3) is 0 Å². The molecule has 1 saturated heterocycles. The average Bonchev–Trinajstić information content (AvgIpc) is 3.03. The number of rotatable bonds is 5. The number of aryl methyl sites for hydroxylation is 1. The largest absolute Gasteiger partial charge is 0.497 e. The van der Waals surface area contributed by atoms with Crippen molar-refractivity contribution in [3.05, 3.63) is 59.7 Å². The Morgan fingerprint density at radius 3 is 2.72 bits per heavy atom. The molecule has 5 heteroatoms. The van der Waals surface area contributed by atoms with Crippen molar-refractivity contribution in [3.63, 3.8) is 0 Å². The van der Waals surface area contributed by atoms with Gasteiger partial charge in [0.05, 0.1) is 13.0 Å². The second-order valence-electron chi connectivity index (χ2n) is 6.31. The van der Waals surface area contributed by atoms with Crippen LogP contribution in [0.1, 0.15) is 17.5 Å². The third-order valence-corrected chi connectivity index (χ3v) is 4.45. The number of carbonyl (C=O) groups excluding carboxylic acids is 2. The highest BCUT2D eigenvalue weighted by atomic mass is 16.5. The lowest BCUT2D eigenvalue weighted by Gasteiger charge is -2.17. The summed E-state index contributed by atoms with van der Waals surface area (Å²) >= 11 is 0. The van der Waals surface area contributed by atoms with Gasteiger partial charge in [-0.25, -0.2) is 0 Å². The van der Waals surface area contributed by atoms with Gasteiger partial charge in [-0.15, -0.1) is 0 Å². The second kappa shape index (κ2) is 7.38. The van der Waals surface area contributed by atoms with Gasteiger partial charge in [-0.2, -0.15) is 0 Å². The van der Waals surface area contributed by atoms with Crippen molar-refractivity contribution in [2.24, 2.45) is 5.92 Å². The topological polar surface area (TPSA) is 58.6 Å². The number of hydrogen-bond donors (Lipinski definition) is 1. The molecule has 1 aliphatic rings. The van der Waals surface area contributed by atoms with E-state index in [4.69, 9.17) is 4.74 Å². The molecule has 1 heterocycles. The lowest BCUT2D eigenvalue weighted by Crippen LogP contribution is -2.32. The summed E-state index contributed by atoms with van der Waals surface area (Å²) in [6, 6.07) is 15.4. The van der Waals surface area contributed by atoms with Crippen LogP contribution in [0, 0.1) is 12.8 Å². The highest BCUT2D eigenvalue weighted by Crippen LogP contribution is 2.28. The van der Waals surface area contributed by atoms with E-state index in [1.54, 1.807) is 12.0 Å². The molecule has 0 spiro atoms.